The van der Waals surface area contributed by atoms with Gasteiger partial charge in [0.15, 0.2) is 0 Å². The Bertz CT molecular complexity index is 1450. The molecule has 9 heteroatoms. The Balaban J connectivity index is 1.36. The van der Waals surface area contributed by atoms with Gasteiger partial charge in [0.05, 0.1) is 16.7 Å². The number of hydrogen-bond acceptors (Lipinski definition) is 6. The van der Waals surface area contributed by atoms with Crippen LogP contribution in [0.3, 0.4) is 0 Å². The fourth-order valence-electron chi connectivity index (χ4n) is 4.42. The number of halogens is 2. The minimum atomic E-state index is -0.614. The number of aromatic nitrogens is 1. The SMILES string of the molecule is CC1CN(c2ccc(C#N)cn2)CCN1C(=O)c1cc(C=C2OC(=O)c3ccc(Br)cc32)ccc1F. The minimum absolute atomic E-state index is 0.0417. The van der Waals surface area contributed by atoms with Crippen LogP contribution in [0.1, 0.15) is 44.3 Å². The summed E-state index contributed by atoms with van der Waals surface area (Å²) in [6.07, 6.45) is 3.15. The Morgan fingerprint density at radius 2 is 2.03 bits per heavy atom. The summed E-state index contributed by atoms with van der Waals surface area (Å²) in [7, 11) is 0. The number of carbonyl (C=O) groups excluding carboxylic acids is 2. The molecule has 0 saturated carbocycles. The van der Waals surface area contributed by atoms with Gasteiger partial charge in [-0.05, 0) is 61.0 Å². The molecule has 1 atom stereocenters. The summed E-state index contributed by atoms with van der Waals surface area (Å²) in [6, 6.07) is 14.8. The summed E-state index contributed by atoms with van der Waals surface area (Å²) in [5.41, 5.74) is 2.07. The lowest BCUT2D eigenvalue weighted by atomic mass is 10.0. The second kappa shape index (κ2) is 9.55. The highest BCUT2D eigenvalue weighted by Gasteiger charge is 2.31. The molecule has 2 aliphatic rings. The molecule has 0 radical (unpaired) electrons. The molecule has 0 aliphatic carbocycles. The zero-order chi connectivity index (χ0) is 25.4. The van der Waals surface area contributed by atoms with Crippen molar-refractivity contribution < 1.29 is 18.7 Å². The van der Waals surface area contributed by atoms with Crippen LogP contribution in [0.15, 0.2) is 59.2 Å². The Hall–Kier alpha value is -4.03. The number of esters is 1. The van der Waals surface area contributed by atoms with Gasteiger partial charge in [0, 0.05) is 41.9 Å². The normalized spacial score (nSPS) is 18.1. The summed E-state index contributed by atoms with van der Waals surface area (Å²) in [5, 5.41) is 8.97. The fourth-order valence-corrected chi connectivity index (χ4v) is 4.79. The van der Waals surface area contributed by atoms with Crippen molar-refractivity contribution in [3.05, 3.63) is 92.8 Å². The maximum Gasteiger partial charge on any atom is 0.344 e. The van der Waals surface area contributed by atoms with Crippen LogP contribution in [0.5, 0.6) is 0 Å². The van der Waals surface area contributed by atoms with Crippen molar-refractivity contribution in [2.45, 2.75) is 13.0 Å². The van der Waals surface area contributed by atoms with Gasteiger partial charge in [-0.15, -0.1) is 0 Å². The third-order valence-electron chi connectivity index (χ3n) is 6.28. The van der Waals surface area contributed by atoms with E-state index in [1.807, 2.05) is 17.9 Å². The molecule has 5 rings (SSSR count). The van der Waals surface area contributed by atoms with Crippen molar-refractivity contribution in [1.82, 2.24) is 9.88 Å². The van der Waals surface area contributed by atoms with Gasteiger partial charge in [-0.1, -0.05) is 22.0 Å². The van der Waals surface area contributed by atoms with E-state index < -0.39 is 17.7 Å². The molecule has 3 heterocycles. The van der Waals surface area contributed by atoms with Crippen molar-refractivity contribution in [3.63, 3.8) is 0 Å². The molecule has 0 spiro atoms. The predicted molar refractivity (Wildman–Crippen MR) is 135 cm³/mol. The van der Waals surface area contributed by atoms with E-state index in [0.29, 0.717) is 47.6 Å². The number of fused-ring (bicyclic) bond motifs is 1. The molecule has 1 saturated heterocycles. The van der Waals surface area contributed by atoms with E-state index in [4.69, 9.17) is 10.00 Å². The molecule has 180 valence electrons. The molecule has 0 N–H and O–H groups in total. The lowest BCUT2D eigenvalue weighted by Gasteiger charge is -2.40. The van der Waals surface area contributed by atoms with Gasteiger partial charge in [-0.25, -0.2) is 14.2 Å². The molecule has 1 unspecified atom stereocenters. The number of cyclic esters (lactones) is 1. The third kappa shape index (κ3) is 4.48. The molecule has 2 aliphatic heterocycles. The number of benzene rings is 2. The zero-order valence-electron chi connectivity index (χ0n) is 19.2. The molecule has 36 heavy (non-hydrogen) atoms. The standard InChI is InChI=1S/C27H20BrFN4O3/c1-16-15-32(25-7-3-18(13-30)14-31-25)8-9-33(16)26(34)22-10-17(2-6-23(22)29)11-24-21-12-19(28)4-5-20(21)27(35)36-24/h2-7,10-12,14,16H,8-9,15H2,1H3. The molecular weight excluding hydrogens is 527 g/mol. The van der Waals surface area contributed by atoms with Crippen molar-refractivity contribution in [3.8, 4) is 6.07 Å². The first-order valence-corrected chi connectivity index (χ1v) is 12.1. The van der Waals surface area contributed by atoms with Gasteiger partial charge < -0.3 is 14.5 Å². The Morgan fingerprint density at radius 1 is 1.19 bits per heavy atom. The van der Waals surface area contributed by atoms with Crippen LogP contribution in [0.25, 0.3) is 11.8 Å². The molecular formula is C27H20BrFN4O3. The summed E-state index contributed by atoms with van der Waals surface area (Å²) >= 11 is 3.40. The smallest absolute Gasteiger partial charge is 0.344 e. The van der Waals surface area contributed by atoms with Gasteiger partial charge in [0.2, 0.25) is 0 Å². The second-order valence-corrected chi connectivity index (χ2v) is 9.55. The Labute approximate surface area is 215 Å². The van der Waals surface area contributed by atoms with Gasteiger partial charge in [0.1, 0.15) is 23.5 Å². The predicted octanol–water partition coefficient (Wildman–Crippen LogP) is 4.87. The quantitative estimate of drug-likeness (QED) is 0.435. The number of ether oxygens (including phenoxy) is 1. The molecule has 1 amide bonds. The van der Waals surface area contributed by atoms with Crippen LogP contribution >= 0.6 is 15.9 Å². The fraction of sp³-hybridized carbons (Fsp3) is 0.185. The molecule has 2 aromatic carbocycles. The number of anilines is 1. The third-order valence-corrected chi connectivity index (χ3v) is 6.77. The van der Waals surface area contributed by atoms with Crippen LogP contribution in [-0.2, 0) is 4.74 Å². The molecule has 7 nitrogen and oxygen atoms in total. The number of hydrogen-bond donors (Lipinski definition) is 0. The van der Waals surface area contributed by atoms with Crippen LogP contribution in [0.4, 0.5) is 10.2 Å². The topological polar surface area (TPSA) is 86.5 Å². The average molecular weight is 547 g/mol. The lowest BCUT2D eigenvalue weighted by molar-refractivity contribution is 0.0667. The van der Waals surface area contributed by atoms with E-state index >= 15 is 0 Å². The second-order valence-electron chi connectivity index (χ2n) is 8.64. The summed E-state index contributed by atoms with van der Waals surface area (Å²) in [6.45, 7) is 3.36. The zero-order valence-corrected chi connectivity index (χ0v) is 20.8. The summed E-state index contributed by atoms with van der Waals surface area (Å²) in [5.74, 6) is -0.397. The lowest BCUT2D eigenvalue weighted by Crippen LogP contribution is -2.54. The number of piperazine rings is 1. The van der Waals surface area contributed by atoms with Crippen LogP contribution in [0.2, 0.25) is 0 Å². The first-order chi connectivity index (χ1) is 17.3. The molecule has 1 aromatic heterocycles. The van der Waals surface area contributed by atoms with Crippen molar-refractivity contribution in [2.24, 2.45) is 0 Å². The van der Waals surface area contributed by atoms with Gasteiger partial charge in [-0.3, -0.25) is 4.79 Å². The number of nitriles is 1. The first-order valence-electron chi connectivity index (χ1n) is 11.3. The van der Waals surface area contributed by atoms with E-state index in [-0.39, 0.29) is 11.6 Å². The number of carbonyl (C=O) groups is 2. The number of amides is 1. The van der Waals surface area contributed by atoms with E-state index in [9.17, 15) is 14.0 Å². The molecule has 3 aromatic rings. The summed E-state index contributed by atoms with van der Waals surface area (Å²) < 4.78 is 21.0. The maximum absolute atomic E-state index is 14.8. The van der Waals surface area contributed by atoms with Crippen LogP contribution in [0, 0.1) is 17.1 Å². The summed E-state index contributed by atoms with van der Waals surface area (Å²) in [4.78, 5) is 33.6. The van der Waals surface area contributed by atoms with Gasteiger partial charge >= 0.3 is 5.97 Å². The largest absolute Gasteiger partial charge is 0.422 e. The van der Waals surface area contributed by atoms with Crippen molar-refractivity contribution >= 4 is 45.5 Å². The van der Waals surface area contributed by atoms with E-state index in [2.05, 4.69) is 20.9 Å². The monoisotopic (exact) mass is 546 g/mol. The first kappa shape index (κ1) is 23.7. The number of rotatable bonds is 3. The Kier molecular flexibility index (Phi) is 6.29. The van der Waals surface area contributed by atoms with Crippen molar-refractivity contribution in [2.75, 3.05) is 24.5 Å². The average Bonchev–Trinajstić information content (AvgIpc) is 3.18. The van der Waals surface area contributed by atoms with Crippen LogP contribution < -0.4 is 4.90 Å². The number of pyridine rings is 1. The van der Waals surface area contributed by atoms with Gasteiger partial charge in [0.25, 0.3) is 5.91 Å². The Morgan fingerprint density at radius 3 is 2.75 bits per heavy atom. The molecule has 0 bridgehead atoms. The van der Waals surface area contributed by atoms with E-state index in [0.717, 1.165) is 10.3 Å². The van der Waals surface area contributed by atoms with E-state index in [1.54, 1.807) is 47.4 Å². The highest BCUT2D eigenvalue weighted by molar-refractivity contribution is 9.10. The van der Waals surface area contributed by atoms with Crippen LogP contribution in [-0.4, -0.2) is 47.4 Å². The highest BCUT2D eigenvalue weighted by Crippen LogP contribution is 2.33. The van der Waals surface area contributed by atoms with E-state index in [1.165, 1.54) is 18.3 Å². The minimum Gasteiger partial charge on any atom is -0.422 e. The highest BCUT2D eigenvalue weighted by atomic mass is 79.9. The van der Waals surface area contributed by atoms with Crippen molar-refractivity contribution in [1.29, 1.82) is 5.26 Å². The molecule has 1 fully saturated rings. The van der Waals surface area contributed by atoms with Gasteiger partial charge in [-0.2, -0.15) is 5.26 Å². The number of nitrogens with zero attached hydrogens (tertiary/aromatic N) is 4. The maximum atomic E-state index is 14.8.